The first-order chi connectivity index (χ1) is 11.8. The van der Waals surface area contributed by atoms with Gasteiger partial charge < -0.3 is 10.4 Å². The summed E-state index contributed by atoms with van der Waals surface area (Å²) < 4.78 is 12.9. The van der Waals surface area contributed by atoms with Gasteiger partial charge in [0.2, 0.25) is 0 Å². The number of hydrogen-bond donors (Lipinski definition) is 2. The van der Waals surface area contributed by atoms with E-state index in [1.165, 1.54) is 42.5 Å². The summed E-state index contributed by atoms with van der Waals surface area (Å²) in [5.74, 6) is -0.761. The smallest absolute Gasteiger partial charge is 0.272 e. The molecule has 25 heavy (non-hydrogen) atoms. The van der Waals surface area contributed by atoms with E-state index < -0.39 is 11.0 Å². The molecule has 2 atom stereocenters. The number of hydrogen-bond acceptors (Lipinski definition) is 4. The topological polar surface area (TPSA) is 92.5 Å². The lowest BCUT2D eigenvalue weighted by Gasteiger charge is -2.18. The fraction of sp³-hybridized carbons (Fsp3) is 0.278. The van der Waals surface area contributed by atoms with Crippen molar-refractivity contribution >= 4 is 11.6 Å². The predicted molar refractivity (Wildman–Crippen MR) is 90.7 cm³/mol. The van der Waals surface area contributed by atoms with Crippen molar-refractivity contribution < 1.29 is 19.2 Å². The Balaban J connectivity index is 1.98. The van der Waals surface area contributed by atoms with Gasteiger partial charge in [-0.3, -0.25) is 14.9 Å². The molecule has 0 bridgehead atoms. The summed E-state index contributed by atoms with van der Waals surface area (Å²) in [5.41, 5.74) is 1.23. The highest BCUT2D eigenvalue weighted by Gasteiger charge is 2.17. The molecule has 0 heterocycles. The van der Waals surface area contributed by atoms with Crippen LogP contribution >= 0.6 is 0 Å². The molecule has 0 unspecified atom stereocenters. The number of carbonyl (C=O) groups excluding carboxylic acids is 1. The second kappa shape index (κ2) is 7.85. The van der Waals surface area contributed by atoms with Crippen molar-refractivity contribution in [2.24, 2.45) is 0 Å². The Labute approximate surface area is 144 Å². The summed E-state index contributed by atoms with van der Waals surface area (Å²) in [6, 6.07) is 9.32. The molecule has 0 fully saturated rings. The molecule has 0 saturated carbocycles. The van der Waals surface area contributed by atoms with E-state index in [0.29, 0.717) is 16.7 Å². The Morgan fingerprint density at radius 3 is 2.48 bits per heavy atom. The Morgan fingerprint density at radius 2 is 1.92 bits per heavy atom. The lowest BCUT2D eigenvalue weighted by atomic mass is 10.0. The van der Waals surface area contributed by atoms with Crippen molar-refractivity contribution in [3.63, 3.8) is 0 Å². The number of nitrogens with one attached hydrogen (secondary N) is 1. The van der Waals surface area contributed by atoms with E-state index in [2.05, 4.69) is 5.32 Å². The number of amides is 1. The minimum atomic E-state index is -0.838. The number of carbonyl (C=O) groups is 1. The molecule has 2 aromatic carbocycles. The van der Waals surface area contributed by atoms with Crippen LogP contribution in [0.3, 0.4) is 0 Å². The molecule has 0 aliphatic heterocycles. The van der Waals surface area contributed by atoms with Crippen molar-refractivity contribution in [3.05, 3.63) is 75.1 Å². The quantitative estimate of drug-likeness (QED) is 0.620. The van der Waals surface area contributed by atoms with Crippen molar-refractivity contribution in [1.82, 2.24) is 5.32 Å². The molecule has 0 spiro atoms. The number of rotatable bonds is 6. The predicted octanol–water partition coefficient (Wildman–Crippen LogP) is 3.28. The molecule has 0 aliphatic carbocycles. The number of nitrogens with zero attached hydrogens (tertiary/aromatic N) is 1. The van der Waals surface area contributed by atoms with Gasteiger partial charge in [0.1, 0.15) is 5.82 Å². The number of aryl methyl sites for hydroxylation is 1. The van der Waals surface area contributed by atoms with Crippen LogP contribution in [-0.4, -0.2) is 22.0 Å². The summed E-state index contributed by atoms with van der Waals surface area (Å²) in [4.78, 5) is 22.5. The molecular formula is C18H19FN2O4. The van der Waals surface area contributed by atoms with Gasteiger partial charge in [-0.05, 0) is 50.1 Å². The minimum Gasteiger partial charge on any atom is -0.388 e. The molecule has 2 N–H and O–H groups in total. The summed E-state index contributed by atoms with van der Waals surface area (Å²) in [6.07, 6.45) is -0.585. The van der Waals surface area contributed by atoms with Gasteiger partial charge in [-0.1, -0.05) is 12.1 Å². The van der Waals surface area contributed by atoms with Gasteiger partial charge in [0.25, 0.3) is 11.6 Å². The standard InChI is InChI=1S/C18H19FN2O4/c1-11-9-14(5-8-16(11)21(24)25)18(23)20-12(2)10-17(22)13-3-6-15(19)7-4-13/h3-9,12,17,22H,10H2,1-2H3,(H,20,23)/t12-,17-/m0/s1. The fourth-order valence-corrected chi connectivity index (χ4v) is 2.52. The van der Waals surface area contributed by atoms with Crippen molar-refractivity contribution in [3.8, 4) is 0 Å². The lowest BCUT2D eigenvalue weighted by Crippen LogP contribution is -2.33. The number of nitro groups is 1. The zero-order chi connectivity index (χ0) is 18.6. The summed E-state index contributed by atoms with van der Waals surface area (Å²) in [5, 5.41) is 23.7. The number of halogens is 1. The maximum atomic E-state index is 12.9. The average Bonchev–Trinajstić information content (AvgIpc) is 2.54. The number of aliphatic hydroxyl groups excluding tert-OH is 1. The maximum Gasteiger partial charge on any atom is 0.272 e. The van der Waals surface area contributed by atoms with Crippen LogP contribution in [0, 0.1) is 22.9 Å². The van der Waals surface area contributed by atoms with Crippen LogP contribution in [0.4, 0.5) is 10.1 Å². The molecule has 2 aromatic rings. The van der Waals surface area contributed by atoms with Crippen molar-refractivity contribution in [1.29, 1.82) is 0 Å². The number of nitro benzene ring substituents is 1. The van der Waals surface area contributed by atoms with Gasteiger partial charge in [-0.15, -0.1) is 0 Å². The Hall–Kier alpha value is -2.80. The van der Waals surface area contributed by atoms with Crippen LogP contribution in [-0.2, 0) is 0 Å². The van der Waals surface area contributed by atoms with Crippen LogP contribution in [0.2, 0.25) is 0 Å². The van der Waals surface area contributed by atoms with E-state index in [1.54, 1.807) is 13.8 Å². The van der Waals surface area contributed by atoms with Gasteiger partial charge >= 0.3 is 0 Å². The average molecular weight is 346 g/mol. The fourth-order valence-electron chi connectivity index (χ4n) is 2.52. The summed E-state index contributed by atoms with van der Waals surface area (Å²) in [6.45, 7) is 3.31. The van der Waals surface area contributed by atoms with Gasteiger partial charge in [-0.25, -0.2) is 4.39 Å². The third-order valence-electron chi connectivity index (χ3n) is 3.86. The highest BCUT2D eigenvalue weighted by Crippen LogP contribution is 2.20. The molecule has 0 saturated heterocycles. The van der Waals surface area contributed by atoms with E-state index in [4.69, 9.17) is 0 Å². The molecule has 0 radical (unpaired) electrons. The second-order valence-electron chi connectivity index (χ2n) is 5.94. The van der Waals surface area contributed by atoms with E-state index in [-0.39, 0.29) is 29.9 Å². The number of aliphatic hydroxyl groups is 1. The monoisotopic (exact) mass is 346 g/mol. The van der Waals surface area contributed by atoms with E-state index in [1.807, 2.05) is 0 Å². The van der Waals surface area contributed by atoms with Crippen LogP contribution < -0.4 is 5.32 Å². The first kappa shape index (κ1) is 18.5. The Kier molecular flexibility index (Phi) is 5.82. The van der Waals surface area contributed by atoms with Gasteiger partial charge in [0.15, 0.2) is 0 Å². The van der Waals surface area contributed by atoms with Gasteiger partial charge in [0.05, 0.1) is 11.0 Å². The molecule has 7 heteroatoms. The first-order valence-corrected chi connectivity index (χ1v) is 7.77. The second-order valence-corrected chi connectivity index (χ2v) is 5.94. The lowest BCUT2D eigenvalue weighted by molar-refractivity contribution is -0.385. The third-order valence-corrected chi connectivity index (χ3v) is 3.86. The van der Waals surface area contributed by atoms with E-state index >= 15 is 0 Å². The SMILES string of the molecule is Cc1cc(C(=O)N[C@@H](C)C[C@H](O)c2ccc(F)cc2)ccc1[N+](=O)[O-]. The molecule has 1 amide bonds. The minimum absolute atomic E-state index is 0.0451. The molecule has 6 nitrogen and oxygen atoms in total. The third kappa shape index (κ3) is 4.84. The van der Waals surface area contributed by atoms with E-state index in [9.17, 15) is 24.4 Å². The molecular weight excluding hydrogens is 327 g/mol. The zero-order valence-electron chi connectivity index (χ0n) is 13.9. The van der Waals surface area contributed by atoms with Crippen molar-refractivity contribution in [2.75, 3.05) is 0 Å². The van der Waals surface area contributed by atoms with Gasteiger partial charge in [0, 0.05) is 23.2 Å². The normalized spacial score (nSPS) is 13.1. The highest BCUT2D eigenvalue weighted by atomic mass is 19.1. The van der Waals surface area contributed by atoms with Crippen LogP contribution in [0.15, 0.2) is 42.5 Å². The van der Waals surface area contributed by atoms with Crippen LogP contribution in [0.5, 0.6) is 0 Å². The van der Waals surface area contributed by atoms with Crippen LogP contribution in [0.25, 0.3) is 0 Å². The number of benzene rings is 2. The Morgan fingerprint density at radius 1 is 1.28 bits per heavy atom. The largest absolute Gasteiger partial charge is 0.388 e. The van der Waals surface area contributed by atoms with E-state index in [0.717, 1.165) is 0 Å². The molecule has 2 rings (SSSR count). The first-order valence-electron chi connectivity index (χ1n) is 7.77. The Bertz CT molecular complexity index is 777. The molecule has 0 aromatic heterocycles. The molecule has 132 valence electrons. The van der Waals surface area contributed by atoms with Crippen molar-refractivity contribution in [2.45, 2.75) is 32.4 Å². The maximum absolute atomic E-state index is 12.9. The van der Waals surface area contributed by atoms with Gasteiger partial charge in [-0.2, -0.15) is 0 Å². The zero-order valence-corrected chi connectivity index (χ0v) is 13.9. The molecule has 0 aliphatic rings. The summed E-state index contributed by atoms with van der Waals surface area (Å²) in [7, 11) is 0. The summed E-state index contributed by atoms with van der Waals surface area (Å²) >= 11 is 0. The highest BCUT2D eigenvalue weighted by molar-refractivity contribution is 5.94. The van der Waals surface area contributed by atoms with Crippen LogP contribution in [0.1, 0.15) is 40.9 Å².